The number of nitrogens with zero attached hydrogens (tertiary/aromatic N) is 2. The number of allylic oxidation sites excluding steroid dienone is 2. The van der Waals surface area contributed by atoms with Crippen LogP contribution < -0.4 is 4.90 Å². The number of rotatable bonds is 6. The Hall–Kier alpha value is -2.54. The van der Waals surface area contributed by atoms with Crippen molar-refractivity contribution in [2.24, 2.45) is 5.92 Å². The molecule has 1 heterocycles. The zero-order chi connectivity index (χ0) is 18.5. The van der Waals surface area contributed by atoms with Gasteiger partial charge in [-0.1, -0.05) is 24.3 Å². The van der Waals surface area contributed by atoms with E-state index in [1.54, 1.807) is 17.5 Å². The number of carbonyl (C=O) groups is 2. The fourth-order valence-electron chi connectivity index (χ4n) is 2.80. The monoisotopic (exact) mass is 374 g/mol. The molecule has 0 bridgehead atoms. The minimum atomic E-state index is -0.504. The minimum Gasteiger partial charge on any atom is -0.459 e. The Kier molecular flexibility index (Phi) is 5.78. The average Bonchev–Trinajstić information content (AvgIpc) is 3.27. The van der Waals surface area contributed by atoms with Crippen LogP contribution in [0.3, 0.4) is 0 Å². The second-order valence-electron chi connectivity index (χ2n) is 6.06. The minimum absolute atomic E-state index is 0.0365. The molecule has 136 valence electrons. The Labute approximate surface area is 155 Å². The van der Waals surface area contributed by atoms with Gasteiger partial charge in [0.2, 0.25) is 5.91 Å². The lowest BCUT2D eigenvalue weighted by atomic mass is 10.1. The number of esters is 1. The first-order valence-corrected chi connectivity index (χ1v) is 9.24. The highest BCUT2D eigenvalue weighted by Gasteiger charge is 2.21. The van der Waals surface area contributed by atoms with Gasteiger partial charge in [0, 0.05) is 12.3 Å². The van der Waals surface area contributed by atoms with Crippen molar-refractivity contribution in [2.45, 2.75) is 32.8 Å². The third-order valence-electron chi connectivity index (χ3n) is 4.06. The summed E-state index contributed by atoms with van der Waals surface area (Å²) in [6.07, 6.45) is 6.46. The van der Waals surface area contributed by atoms with Gasteiger partial charge in [0.25, 0.3) is 0 Å². The number of hydrogen-bond acceptors (Lipinski definition) is 5. The van der Waals surface area contributed by atoms with Crippen LogP contribution in [-0.2, 0) is 20.9 Å². The van der Waals surface area contributed by atoms with Gasteiger partial charge in [0.05, 0.1) is 17.8 Å². The number of para-hydroxylation sites is 1. The van der Waals surface area contributed by atoms with E-state index in [0.717, 1.165) is 12.8 Å². The molecule has 0 aliphatic heterocycles. The molecule has 0 fully saturated rings. The van der Waals surface area contributed by atoms with Gasteiger partial charge < -0.3 is 4.74 Å². The second kappa shape index (κ2) is 8.23. The maximum Gasteiger partial charge on any atom is 0.306 e. The zero-order valence-corrected chi connectivity index (χ0v) is 15.2. The van der Waals surface area contributed by atoms with Gasteiger partial charge in [-0.3, -0.25) is 14.5 Å². The molecule has 0 spiro atoms. The van der Waals surface area contributed by atoms with E-state index < -0.39 is 5.82 Å². The Morgan fingerprint density at radius 1 is 1.38 bits per heavy atom. The van der Waals surface area contributed by atoms with Crippen molar-refractivity contribution in [3.8, 4) is 0 Å². The van der Waals surface area contributed by atoms with E-state index in [4.69, 9.17) is 4.74 Å². The fraction of sp³-hybridized carbons (Fsp3) is 0.316. The number of ether oxygens (including phenoxy) is 1. The lowest BCUT2D eigenvalue weighted by molar-refractivity contribution is -0.145. The van der Waals surface area contributed by atoms with Crippen LogP contribution in [-0.4, -0.2) is 16.9 Å². The SMILES string of the molecule is CC(=O)N(c1nc(COC(=O)C[C@H]2C=CCC2)cs1)c1ccccc1F. The number of amides is 1. The van der Waals surface area contributed by atoms with Crippen LogP contribution in [0, 0.1) is 11.7 Å². The molecule has 0 unspecified atom stereocenters. The summed E-state index contributed by atoms with van der Waals surface area (Å²) in [5.74, 6) is -0.868. The van der Waals surface area contributed by atoms with Crippen molar-refractivity contribution in [2.75, 3.05) is 4.90 Å². The first-order valence-electron chi connectivity index (χ1n) is 8.36. The van der Waals surface area contributed by atoms with Gasteiger partial charge >= 0.3 is 5.97 Å². The lowest BCUT2D eigenvalue weighted by Crippen LogP contribution is -2.23. The van der Waals surface area contributed by atoms with E-state index in [1.807, 2.05) is 6.08 Å². The maximum absolute atomic E-state index is 14.0. The third-order valence-corrected chi connectivity index (χ3v) is 4.94. The van der Waals surface area contributed by atoms with Crippen LogP contribution in [0.15, 0.2) is 41.8 Å². The number of carbonyl (C=O) groups excluding carboxylic acids is 2. The van der Waals surface area contributed by atoms with Crippen LogP contribution in [0.2, 0.25) is 0 Å². The number of hydrogen-bond donors (Lipinski definition) is 0. The molecule has 0 saturated carbocycles. The lowest BCUT2D eigenvalue weighted by Gasteiger charge is -2.18. The molecule has 1 amide bonds. The van der Waals surface area contributed by atoms with Crippen molar-refractivity contribution in [3.05, 3.63) is 53.3 Å². The van der Waals surface area contributed by atoms with E-state index in [2.05, 4.69) is 11.1 Å². The van der Waals surface area contributed by atoms with Crippen molar-refractivity contribution in [1.82, 2.24) is 4.98 Å². The van der Waals surface area contributed by atoms with E-state index in [1.165, 1.54) is 35.3 Å². The van der Waals surface area contributed by atoms with Crippen molar-refractivity contribution >= 4 is 34.0 Å². The fourth-order valence-corrected chi connectivity index (χ4v) is 3.66. The molecule has 0 radical (unpaired) electrons. The van der Waals surface area contributed by atoms with Gasteiger partial charge in [-0.15, -0.1) is 11.3 Å². The van der Waals surface area contributed by atoms with Crippen molar-refractivity contribution in [1.29, 1.82) is 0 Å². The molecule has 1 aromatic carbocycles. The summed E-state index contributed by atoms with van der Waals surface area (Å²) in [5, 5.41) is 2.04. The normalized spacial score (nSPS) is 15.8. The summed E-state index contributed by atoms with van der Waals surface area (Å²) >= 11 is 1.20. The van der Waals surface area contributed by atoms with Crippen LogP contribution in [0.5, 0.6) is 0 Å². The zero-order valence-electron chi connectivity index (χ0n) is 14.4. The molecular formula is C19H19FN2O3S. The number of benzene rings is 1. The van der Waals surface area contributed by atoms with E-state index in [-0.39, 0.29) is 30.1 Å². The molecule has 5 nitrogen and oxygen atoms in total. The van der Waals surface area contributed by atoms with E-state index in [0.29, 0.717) is 17.2 Å². The predicted molar refractivity (Wildman–Crippen MR) is 97.6 cm³/mol. The van der Waals surface area contributed by atoms with Gasteiger partial charge in [-0.25, -0.2) is 9.37 Å². The molecule has 26 heavy (non-hydrogen) atoms. The summed E-state index contributed by atoms with van der Waals surface area (Å²) in [7, 11) is 0. The Morgan fingerprint density at radius 2 is 2.19 bits per heavy atom. The highest BCUT2D eigenvalue weighted by molar-refractivity contribution is 7.14. The Bertz CT molecular complexity index is 834. The summed E-state index contributed by atoms with van der Waals surface area (Å²) in [4.78, 5) is 29.4. The van der Waals surface area contributed by atoms with Crippen LogP contribution >= 0.6 is 11.3 Å². The molecule has 3 rings (SSSR count). The molecular weight excluding hydrogens is 355 g/mol. The van der Waals surface area contributed by atoms with Crippen LogP contribution in [0.1, 0.15) is 31.9 Å². The molecule has 0 N–H and O–H groups in total. The van der Waals surface area contributed by atoms with Gasteiger partial charge in [0.15, 0.2) is 5.13 Å². The predicted octanol–water partition coefficient (Wildman–Crippen LogP) is 4.37. The largest absolute Gasteiger partial charge is 0.459 e. The van der Waals surface area contributed by atoms with Gasteiger partial charge in [-0.05, 0) is 30.9 Å². The van der Waals surface area contributed by atoms with E-state index >= 15 is 0 Å². The Morgan fingerprint density at radius 3 is 2.88 bits per heavy atom. The van der Waals surface area contributed by atoms with E-state index in [9.17, 15) is 14.0 Å². The first kappa shape index (κ1) is 18.3. The highest BCUT2D eigenvalue weighted by Crippen LogP contribution is 2.31. The smallest absolute Gasteiger partial charge is 0.306 e. The number of thiazole rings is 1. The molecule has 1 aliphatic rings. The summed E-state index contributed by atoms with van der Waals surface area (Å²) in [5.41, 5.74) is 0.675. The number of aromatic nitrogens is 1. The second-order valence-corrected chi connectivity index (χ2v) is 6.89. The summed E-state index contributed by atoms with van der Waals surface area (Å²) in [6.45, 7) is 1.39. The molecule has 0 saturated heterocycles. The van der Waals surface area contributed by atoms with Crippen molar-refractivity contribution < 1.29 is 18.7 Å². The number of anilines is 2. The molecule has 1 aliphatic carbocycles. The Balaban J connectivity index is 1.66. The molecule has 7 heteroatoms. The average molecular weight is 374 g/mol. The van der Waals surface area contributed by atoms with Crippen molar-refractivity contribution in [3.63, 3.8) is 0 Å². The molecule has 2 aromatic rings. The van der Waals surface area contributed by atoms with Gasteiger partial charge in [0.1, 0.15) is 12.4 Å². The topological polar surface area (TPSA) is 59.5 Å². The maximum atomic E-state index is 14.0. The number of halogens is 1. The summed E-state index contributed by atoms with van der Waals surface area (Å²) in [6, 6.07) is 6.03. The standard InChI is InChI=1S/C19H19FN2O3S/c1-13(23)22(17-9-5-4-8-16(17)20)19-21-15(12-26-19)11-25-18(24)10-14-6-2-3-7-14/h2,4-6,8-9,12,14H,3,7,10-11H2,1H3/t14-/m0/s1. The van der Waals surface area contributed by atoms with Crippen LogP contribution in [0.4, 0.5) is 15.2 Å². The molecule has 1 atom stereocenters. The summed E-state index contributed by atoms with van der Waals surface area (Å²) < 4.78 is 19.3. The van der Waals surface area contributed by atoms with Crippen LogP contribution in [0.25, 0.3) is 0 Å². The molecule has 1 aromatic heterocycles. The van der Waals surface area contributed by atoms with Gasteiger partial charge in [-0.2, -0.15) is 0 Å². The quantitative estimate of drug-likeness (QED) is 0.557. The first-order chi connectivity index (χ1) is 12.5. The third kappa shape index (κ3) is 4.35. The highest BCUT2D eigenvalue weighted by atomic mass is 32.1.